The van der Waals surface area contributed by atoms with E-state index in [1.807, 2.05) is 11.3 Å². The van der Waals surface area contributed by atoms with Crippen molar-refractivity contribution in [3.8, 4) is 39.1 Å². The average Bonchev–Trinajstić information content (AvgIpc) is 3.78. The highest BCUT2D eigenvalue weighted by molar-refractivity contribution is 7.27. The van der Waals surface area contributed by atoms with Crippen LogP contribution < -0.4 is 4.90 Å². The third kappa shape index (κ3) is 5.50. The number of fused-ring (bicyclic) bond motifs is 5. The normalized spacial score (nSPS) is 11.4. The van der Waals surface area contributed by atoms with Crippen LogP contribution in [0.2, 0.25) is 0 Å². The molecule has 8 aromatic carbocycles. The van der Waals surface area contributed by atoms with Crippen LogP contribution in [0.1, 0.15) is 0 Å². The number of benzene rings is 8. The molecule has 0 saturated heterocycles. The molecule has 3 heteroatoms. The second-order valence-electron chi connectivity index (χ2n) is 13.4. The molecule has 0 aliphatic rings. The summed E-state index contributed by atoms with van der Waals surface area (Å²) in [6.07, 6.45) is 0. The maximum atomic E-state index is 2.43. The van der Waals surface area contributed by atoms with Gasteiger partial charge in [0.2, 0.25) is 0 Å². The molecular formula is C50H34N2S. The largest absolute Gasteiger partial charge is 0.311 e. The minimum Gasteiger partial charge on any atom is -0.311 e. The fourth-order valence-corrected chi connectivity index (χ4v) is 9.02. The quantitative estimate of drug-likeness (QED) is 0.161. The Morgan fingerprint density at radius 2 is 0.792 bits per heavy atom. The van der Waals surface area contributed by atoms with Crippen LogP contribution in [0.25, 0.3) is 70.3 Å². The standard InChI is InChI=1S/C50H34N2S/c1-4-13-35(14-5-1)37-23-29-41(30-24-37)51(42-31-25-38(26-32-42)36-15-6-2-7-16-36)43-33-27-39(28-34-43)44-20-12-21-46-48-50(53-49(44)46)45-19-10-11-22-47(45)52(48)40-17-8-3-9-18-40/h1-34H. The maximum absolute atomic E-state index is 2.43. The number of anilines is 3. The summed E-state index contributed by atoms with van der Waals surface area (Å²) in [6.45, 7) is 0. The molecular weight excluding hydrogens is 661 g/mol. The maximum Gasteiger partial charge on any atom is 0.0727 e. The van der Waals surface area contributed by atoms with Gasteiger partial charge in [-0.05, 0) is 88.0 Å². The van der Waals surface area contributed by atoms with Gasteiger partial charge in [0.15, 0.2) is 0 Å². The second-order valence-corrected chi connectivity index (χ2v) is 14.4. The number of para-hydroxylation sites is 2. The Balaban J connectivity index is 1.07. The minimum absolute atomic E-state index is 1.11. The molecule has 2 nitrogen and oxygen atoms in total. The average molecular weight is 695 g/mol. The van der Waals surface area contributed by atoms with Crippen molar-refractivity contribution in [2.45, 2.75) is 0 Å². The number of hydrogen-bond donors (Lipinski definition) is 0. The topological polar surface area (TPSA) is 8.17 Å². The van der Waals surface area contributed by atoms with Crippen LogP contribution in [0, 0.1) is 0 Å². The Morgan fingerprint density at radius 1 is 0.340 bits per heavy atom. The van der Waals surface area contributed by atoms with Crippen molar-refractivity contribution in [3.63, 3.8) is 0 Å². The van der Waals surface area contributed by atoms with E-state index in [0.717, 1.165) is 17.1 Å². The molecule has 53 heavy (non-hydrogen) atoms. The predicted octanol–water partition coefficient (Wildman–Crippen LogP) is 14.5. The summed E-state index contributed by atoms with van der Waals surface area (Å²) in [6, 6.07) is 74.3. The Hall–Kier alpha value is -6.68. The molecule has 0 bridgehead atoms. The van der Waals surface area contributed by atoms with Gasteiger partial charge in [-0.2, -0.15) is 0 Å². The van der Waals surface area contributed by atoms with E-state index in [1.54, 1.807) is 0 Å². The van der Waals surface area contributed by atoms with Gasteiger partial charge in [-0.3, -0.25) is 0 Å². The van der Waals surface area contributed by atoms with Crippen molar-refractivity contribution in [1.82, 2.24) is 4.57 Å². The van der Waals surface area contributed by atoms with Gasteiger partial charge in [-0.25, -0.2) is 0 Å². The molecule has 0 saturated carbocycles. The first-order valence-electron chi connectivity index (χ1n) is 18.0. The van der Waals surface area contributed by atoms with E-state index >= 15 is 0 Å². The zero-order chi connectivity index (χ0) is 35.1. The van der Waals surface area contributed by atoms with Crippen molar-refractivity contribution in [1.29, 1.82) is 0 Å². The number of nitrogens with zero attached hydrogens (tertiary/aromatic N) is 2. The number of aromatic nitrogens is 1. The van der Waals surface area contributed by atoms with Gasteiger partial charge in [0.05, 0.1) is 15.7 Å². The van der Waals surface area contributed by atoms with Crippen molar-refractivity contribution in [2.24, 2.45) is 0 Å². The SMILES string of the molecule is c1ccc(-c2ccc(N(c3ccc(-c4ccccc4)cc3)c3ccc(-c4cccc5c4sc4c6ccccc6n(-c6ccccc6)c54)cc3)cc2)cc1. The van der Waals surface area contributed by atoms with E-state index in [9.17, 15) is 0 Å². The first-order chi connectivity index (χ1) is 26.3. The first kappa shape index (κ1) is 31.1. The van der Waals surface area contributed by atoms with Crippen molar-refractivity contribution in [2.75, 3.05) is 4.90 Å². The summed E-state index contributed by atoms with van der Waals surface area (Å²) in [5.74, 6) is 0. The molecule has 2 aromatic heterocycles. The third-order valence-corrected chi connectivity index (χ3v) is 11.5. The summed E-state index contributed by atoms with van der Waals surface area (Å²) in [5.41, 5.74) is 14.3. The van der Waals surface area contributed by atoms with Gasteiger partial charge >= 0.3 is 0 Å². The zero-order valence-electron chi connectivity index (χ0n) is 28.9. The Bertz CT molecular complexity index is 2750. The predicted molar refractivity (Wildman–Crippen MR) is 227 cm³/mol. The van der Waals surface area contributed by atoms with E-state index in [2.05, 4.69) is 216 Å². The highest BCUT2D eigenvalue weighted by Gasteiger charge is 2.20. The van der Waals surface area contributed by atoms with Crippen LogP contribution in [0.4, 0.5) is 17.1 Å². The van der Waals surface area contributed by atoms with Crippen LogP contribution in [-0.4, -0.2) is 4.57 Å². The molecule has 10 aromatic rings. The first-order valence-corrected chi connectivity index (χ1v) is 18.8. The lowest BCUT2D eigenvalue weighted by molar-refractivity contribution is 1.19. The molecule has 0 fully saturated rings. The number of thiophene rings is 1. The van der Waals surface area contributed by atoms with Crippen LogP contribution in [0.3, 0.4) is 0 Å². The summed E-state index contributed by atoms with van der Waals surface area (Å²) < 4.78 is 5.07. The van der Waals surface area contributed by atoms with E-state index in [0.29, 0.717) is 0 Å². The Kier molecular flexibility index (Phi) is 7.71. The lowest BCUT2D eigenvalue weighted by Gasteiger charge is -2.26. The van der Waals surface area contributed by atoms with Gasteiger partial charge in [0.1, 0.15) is 0 Å². The second kappa shape index (κ2) is 13.1. The van der Waals surface area contributed by atoms with Crippen molar-refractivity contribution in [3.05, 3.63) is 206 Å². The Morgan fingerprint density at radius 3 is 1.36 bits per heavy atom. The molecule has 0 spiro atoms. The van der Waals surface area contributed by atoms with Crippen molar-refractivity contribution >= 4 is 59.6 Å². The van der Waals surface area contributed by atoms with Gasteiger partial charge < -0.3 is 9.47 Å². The summed E-state index contributed by atoms with van der Waals surface area (Å²) in [5, 5.41) is 2.58. The monoisotopic (exact) mass is 694 g/mol. The molecule has 0 atom stereocenters. The molecule has 2 heterocycles. The van der Waals surface area contributed by atoms with Gasteiger partial charge in [0, 0.05) is 38.2 Å². The van der Waals surface area contributed by atoms with Gasteiger partial charge in [-0.15, -0.1) is 11.3 Å². The molecule has 0 amide bonds. The molecule has 0 unspecified atom stereocenters. The van der Waals surface area contributed by atoms with Crippen LogP contribution in [-0.2, 0) is 0 Å². The van der Waals surface area contributed by atoms with E-state index in [4.69, 9.17) is 0 Å². The highest BCUT2D eigenvalue weighted by atomic mass is 32.1. The molecule has 0 N–H and O–H groups in total. The Labute approximate surface area is 313 Å². The number of rotatable bonds is 7. The third-order valence-electron chi connectivity index (χ3n) is 10.2. The minimum atomic E-state index is 1.11. The van der Waals surface area contributed by atoms with Gasteiger partial charge in [0.25, 0.3) is 0 Å². The molecule has 10 rings (SSSR count). The summed E-state index contributed by atoms with van der Waals surface area (Å²) in [4.78, 5) is 2.35. The lowest BCUT2D eigenvalue weighted by atomic mass is 10.0. The number of hydrogen-bond acceptors (Lipinski definition) is 2. The lowest BCUT2D eigenvalue weighted by Crippen LogP contribution is -2.09. The van der Waals surface area contributed by atoms with E-state index in [1.165, 1.54) is 70.3 Å². The van der Waals surface area contributed by atoms with Crippen molar-refractivity contribution < 1.29 is 0 Å². The van der Waals surface area contributed by atoms with E-state index < -0.39 is 0 Å². The molecule has 0 radical (unpaired) electrons. The van der Waals surface area contributed by atoms with Crippen LogP contribution in [0.15, 0.2) is 206 Å². The van der Waals surface area contributed by atoms with E-state index in [-0.39, 0.29) is 0 Å². The van der Waals surface area contributed by atoms with Gasteiger partial charge in [-0.1, -0.05) is 152 Å². The van der Waals surface area contributed by atoms with Crippen LogP contribution >= 0.6 is 11.3 Å². The fraction of sp³-hybridized carbons (Fsp3) is 0. The van der Waals surface area contributed by atoms with Crippen LogP contribution in [0.5, 0.6) is 0 Å². The fourth-order valence-electron chi connectivity index (χ4n) is 7.67. The highest BCUT2D eigenvalue weighted by Crippen LogP contribution is 2.46. The summed E-state index contributed by atoms with van der Waals surface area (Å²) in [7, 11) is 0. The molecule has 0 aliphatic heterocycles. The molecule has 250 valence electrons. The molecule has 0 aliphatic carbocycles. The smallest absolute Gasteiger partial charge is 0.0727 e. The summed E-state index contributed by atoms with van der Waals surface area (Å²) >= 11 is 1.90. The zero-order valence-corrected chi connectivity index (χ0v) is 29.7.